The van der Waals surface area contributed by atoms with E-state index in [1.807, 2.05) is 6.92 Å². The van der Waals surface area contributed by atoms with Gasteiger partial charge in [0.1, 0.15) is 0 Å². The maximum Gasteiger partial charge on any atom is 0.221 e. The third kappa shape index (κ3) is 3.32. The summed E-state index contributed by atoms with van der Waals surface area (Å²) in [4.78, 5) is 3.33. The van der Waals surface area contributed by atoms with Crippen LogP contribution in [0.15, 0.2) is 0 Å². The van der Waals surface area contributed by atoms with Gasteiger partial charge in [0.2, 0.25) is 6.04 Å². The summed E-state index contributed by atoms with van der Waals surface area (Å²) in [6, 6.07) is 0.241. The molecule has 0 unspecified atom stereocenters. The van der Waals surface area contributed by atoms with Crippen molar-refractivity contribution in [3.63, 3.8) is 0 Å². The third-order valence-corrected chi connectivity index (χ3v) is 0.927. The lowest BCUT2D eigenvalue weighted by Gasteiger charge is -1.90. The Bertz CT molecular complexity index is 70.7. The molecule has 1 heteroatoms. The fourth-order valence-corrected chi connectivity index (χ4v) is 0.482. The van der Waals surface area contributed by atoms with Gasteiger partial charge in [0.25, 0.3) is 0 Å². The summed E-state index contributed by atoms with van der Waals surface area (Å²) in [5.41, 5.74) is 0. The molecular formula is C6H11N. The van der Waals surface area contributed by atoms with Crippen LogP contribution in [0.25, 0.3) is 4.85 Å². The first-order valence-electron chi connectivity index (χ1n) is 2.67. The van der Waals surface area contributed by atoms with E-state index in [2.05, 4.69) is 11.8 Å². The van der Waals surface area contributed by atoms with Gasteiger partial charge in [0, 0.05) is 13.3 Å². The van der Waals surface area contributed by atoms with Crippen LogP contribution >= 0.6 is 0 Å². The zero-order valence-electron chi connectivity index (χ0n) is 4.94. The van der Waals surface area contributed by atoms with Gasteiger partial charge >= 0.3 is 0 Å². The summed E-state index contributed by atoms with van der Waals surface area (Å²) in [5.74, 6) is 0. The molecule has 0 spiro atoms. The second-order valence-corrected chi connectivity index (χ2v) is 1.77. The monoisotopic (exact) mass is 97.1 g/mol. The highest BCUT2D eigenvalue weighted by molar-refractivity contribution is 4.70. The molecule has 0 saturated heterocycles. The van der Waals surface area contributed by atoms with Crippen molar-refractivity contribution in [3.05, 3.63) is 11.4 Å². The molecule has 0 rings (SSSR count). The Balaban J connectivity index is 3.04. The van der Waals surface area contributed by atoms with Gasteiger partial charge in [-0.3, -0.25) is 0 Å². The molecule has 0 amide bonds. The summed E-state index contributed by atoms with van der Waals surface area (Å²) in [6.45, 7) is 10.6. The standard InChI is InChI=1S/C6H11N/c1-4-5-6(2)7-3/h6H,4-5H2,1-2H3/t6-/m0/s1. The van der Waals surface area contributed by atoms with E-state index in [9.17, 15) is 0 Å². The van der Waals surface area contributed by atoms with Crippen molar-refractivity contribution in [2.24, 2.45) is 0 Å². The lowest BCUT2D eigenvalue weighted by atomic mass is 10.2. The number of hydrogen-bond donors (Lipinski definition) is 0. The van der Waals surface area contributed by atoms with E-state index in [0.717, 1.165) is 12.8 Å². The molecule has 0 aliphatic carbocycles. The Kier molecular flexibility index (Phi) is 3.40. The van der Waals surface area contributed by atoms with E-state index in [1.165, 1.54) is 0 Å². The molecule has 0 bridgehead atoms. The van der Waals surface area contributed by atoms with Gasteiger partial charge in [0.15, 0.2) is 0 Å². The van der Waals surface area contributed by atoms with Crippen molar-refractivity contribution in [1.82, 2.24) is 0 Å². The van der Waals surface area contributed by atoms with E-state index < -0.39 is 0 Å². The van der Waals surface area contributed by atoms with E-state index in [4.69, 9.17) is 6.57 Å². The van der Waals surface area contributed by atoms with Crippen LogP contribution in [0.2, 0.25) is 0 Å². The average Bonchev–Trinajstić information content (AvgIpc) is 1.68. The summed E-state index contributed by atoms with van der Waals surface area (Å²) < 4.78 is 0. The fourth-order valence-electron chi connectivity index (χ4n) is 0.482. The second-order valence-electron chi connectivity index (χ2n) is 1.77. The molecule has 0 saturated carbocycles. The minimum Gasteiger partial charge on any atom is -0.314 e. The van der Waals surface area contributed by atoms with E-state index in [1.54, 1.807) is 0 Å². The van der Waals surface area contributed by atoms with Gasteiger partial charge in [-0.2, -0.15) is 0 Å². The Morgan fingerprint density at radius 2 is 2.29 bits per heavy atom. The van der Waals surface area contributed by atoms with Crippen LogP contribution in [0.3, 0.4) is 0 Å². The molecule has 0 radical (unpaired) electrons. The molecule has 0 fully saturated rings. The summed E-state index contributed by atoms with van der Waals surface area (Å²) in [6.07, 6.45) is 2.17. The quantitative estimate of drug-likeness (QED) is 0.465. The summed E-state index contributed by atoms with van der Waals surface area (Å²) >= 11 is 0. The van der Waals surface area contributed by atoms with Gasteiger partial charge < -0.3 is 4.85 Å². The van der Waals surface area contributed by atoms with Crippen LogP contribution in [0.5, 0.6) is 0 Å². The first-order chi connectivity index (χ1) is 3.31. The van der Waals surface area contributed by atoms with Crippen molar-refractivity contribution in [1.29, 1.82) is 0 Å². The lowest BCUT2D eigenvalue weighted by Crippen LogP contribution is -1.90. The highest BCUT2D eigenvalue weighted by Crippen LogP contribution is 1.97. The van der Waals surface area contributed by atoms with Crippen molar-refractivity contribution in [2.75, 3.05) is 0 Å². The van der Waals surface area contributed by atoms with Crippen LogP contribution in [-0.2, 0) is 0 Å². The predicted octanol–water partition coefficient (Wildman–Crippen LogP) is 2.09. The number of hydrogen-bond acceptors (Lipinski definition) is 0. The van der Waals surface area contributed by atoms with Crippen molar-refractivity contribution in [2.45, 2.75) is 32.7 Å². The molecule has 0 N–H and O–H groups in total. The topological polar surface area (TPSA) is 4.36 Å². The van der Waals surface area contributed by atoms with Crippen molar-refractivity contribution < 1.29 is 0 Å². The molecule has 0 aromatic heterocycles. The Labute approximate surface area is 45.2 Å². The van der Waals surface area contributed by atoms with Gasteiger partial charge in [-0.15, -0.1) is 0 Å². The van der Waals surface area contributed by atoms with Crippen LogP contribution in [0, 0.1) is 6.57 Å². The maximum atomic E-state index is 6.54. The molecule has 1 atom stereocenters. The smallest absolute Gasteiger partial charge is 0.221 e. The minimum absolute atomic E-state index is 0.241. The van der Waals surface area contributed by atoms with Crippen molar-refractivity contribution in [3.8, 4) is 0 Å². The Morgan fingerprint density at radius 1 is 1.71 bits per heavy atom. The highest BCUT2D eigenvalue weighted by Gasteiger charge is 1.97. The average molecular weight is 97.2 g/mol. The lowest BCUT2D eigenvalue weighted by molar-refractivity contribution is 0.725. The summed E-state index contributed by atoms with van der Waals surface area (Å²) in [5, 5.41) is 0. The molecule has 0 heterocycles. The van der Waals surface area contributed by atoms with Crippen LogP contribution < -0.4 is 0 Å². The van der Waals surface area contributed by atoms with Crippen LogP contribution in [0.1, 0.15) is 26.7 Å². The predicted molar refractivity (Wildman–Crippen MR) is 31.0 cm³/mol. The molecule has 40 valence electrons. The molecule has 0 aliphatic heterocycles. The Morgan fingerprint density at radius 3 is 2.43 bits per heavy atom. The van der Waals surface area contributed by atoms with E-state index in [0.29, 0.717) is 0 Å². The molecule has 0 aromatic carbocycles. The fraction of sp³-hybridized carbons (Fsp3) is 0.833. The first kappa shape index (κ1) is 6.49. The Hall–Kier alpha value is -0.510. The largest absolute Gasteiger partial charge is 0.314 e. The highest BCUT2D eigenvalue weighted by atomic mass is 14.7. The van der Waals surface area contributed by atoms with Crippen LogP contribution in [-0.4, -0.2) is 6.04 Å². The molecule has 0 aromatic rings. The minimum atomic E-state index is 0.241. The zero-order chi connectivity index (χ0) is 5.70. The zero-order valence-corrected chi connectivity index (χ0v) is 4.94. The van der Waals surface area contributed by atoms with Gasteiger partial charge in [-0.1, -0.05) is 6.92 Å². The third-order valence-electron chi connectivity index (χ3n) is 0.927. The second kappa shape index (κ2) is 3.67. The molecule has 1 nitrogen and oxygen atoms in total. The SMILES string of the molecule is [C-]#[N+][C@@H](C)CCC. The van der Waals surface area contributed by atoms with Gasteiger partial charge in [-0.25, -0.2) is 6.57 Å². The number of nitrogens with zero attached hydrogens (tertiary/aromatic N) is 1. The van der Waals surface area contributed by atoms with Gasteiger partial charge in [-0.05, 0) is 6.42 Å². The maximum absolute atomic E-state index is 6.54. The van der Waals surface area contributed by atoms with E-state index in [-0.39, 0.29) is 6.04 Å². The first-order valence-corrected chi connectivity index (χ1v) is 2.67. The molecular weight excluding hydrogens is 86.1 g/mol. The molecule has 7 heavy (non-hydrogen) atoms. The normalized spacial score (nSPS) is 12.7. The number of rotatable bonds is 2. The van der Waals surface area contributed by atoms with Crippen molar-refractivity contribution >= 4 is 0 Å². The van der Waals surface area contributed by atoms with Gasteiger partial charge in [0.05, 0.1) is 0 Å². The molecule has 0 aliphatic rings. The summed E-state index contributed by atoms with van der Waals surface area (Å²) in [7, 11) is 0. The van der Waals surface area contributed by atoms with Crippen LogP contribution in [0.4, 0.5) is 0 Å². The van der Waals surface area contributed by atoms with E-state index >= 15 is 0 Å².